The Hall–Kier alpha value is -5.20. The molecule has 264 valence electrons. The molecule has 0 atom stereocenters. The first-order valence-electron chi connectivity index (χ1n) is 16.1. The van der Waals surface area contributed by atoms with Gasteiger partial charge in [-0.25, -0.2) is 4.79 Å². The predicted molar refractivity (Wildman–Crippen MR) is 203 cm³/mol. The van der Waals surface area contributed by atoms with Gasteiger partial charge in [-0.2, -0.15) is 4.99 Å². The van der Waals surface area contributed by atoms with Crippen LogP contribution in [0.3, 0.4) is 0 Å². The van der Waals surface area contributed by atoms with Gasteiger partial charge >= 0.3 is 5.97 Å². The predicted octanol–water partition coefficient (Wildman–Crippen LogP) is 7.18. The molecule has 0 spiro atoms. The van der Waals surface area contributed by atoms with Crippen LogP contribution in [-0.4, -0.2) is 59.3 Å². The van der Waals surface area contributed by atoms with Gasteiger partial charge in [-0.15, -0.1) is 0 Å². The van der Waals surface area contributed by atoms with Crippen LogP contribution in [-0.2, 0) is 23.9 Å². The highest BCUT2D eigenvalue weighted by atomic mass is 79.9. The van der Waals surface area contributed by atoms with Crippen LogP contribution < -0.4 is 14.8 Å². The van der Waals surface area contributed by atoms with Crippen LogP contribution in [0.1, 0.15) is 43.5 Å². The van der Waals surface area contributed by atoms with Crippen molar-refractivity contribution >= 4 is 62.6 Å². The van der Waals surface area contributed by atoms with Gasteiger partial charge in [-0.3, -0.25) is 19.3 Å². The number of esters is 1. The fourth-order valence-corrected chi connectivity index (χ4v) is 6.35. The number of amides is 3. The number of ether oxygens (including phenoxy) is 3. The smallest absolute Gasteiger partial charge is 0.344 e. The molecule has 1 aliphatic rings. The molecule has 3 aromatic rings. The Balaban J connectivity index is 1.64. The molecule has 0 radical (unpaired) electrons. The van der Waals surface area contributed by atoms with Gasteiger partial charge in [-0.05, 0) is 77.7 Å². The average molecular weight is 773 g/mol. The number of thioether (sulfide) groups is 1. The van der Waals surface area contributed by atoms with Crippen molar-refractivity contribution in [1.82, 2.24) is 10.2 Å². The number of allylic oxidation sites excluding steroid dienone is 4. The van der Waals surface area contributed by atoms with E-state index in [9.17, 15) is 19.2 Å². The molecule has 3 amide bonds. The van der Waals surface area contributed by atoms with E-state index < -0.39 is 23.8 Å². The summed E-state index contributed by atoms with van der Waals surface area (Å²) in [6, 6.07) is 22.0. The molecule has 1 aliphatic heterocycles. The zero-order valence-electron chi connectivity index (χ0n) is 28.5. The van der Waals surface area contributed by atoms with E-state index in [-0.39, 0.29) is 53.7 Å². The normalized spacial score (nSPS) is 14.1. The average Bonchev–Trinajstić information content (AvgIpc) is 3.13. The summed E-state index contributed by atoms with van der Waals surface area (Å²) in [6.07, 6.45) is 7.98. The van der Waals surface area contributed by atoms with E-state index in [0.717, 1.165) is 22.9 Å². The lowest BCUT2D eigenvalue weighted by Gasteiger charge is -2.28. The highest BCUT2D eigenvalue weighted by Crippen LogP contribution is 2.38. The van der Waals surface area contributed by atoms with Crippen molar-refractivity contribution in [2.45, 2.75) is 26.8 Å². The van der Waals surface area contributed by atoms with Crippen molar-refractivity contribution in [3.05, 3.63) is 136 Å². The molecule has 0 saturated heterocycles. The summed E-state index contributed by atoms with van der Waals surface area (Å²) in [5.74, 6) is -1.84. The molecule has 10 nitrogen and oxygen atoms in total. The van der Waals surface area contributed by atoms with E-state index >= 15 is 0 Å². The van der Waals surface area contributed by atoms with Crippen LogP contribution in [0.2, 0.25) is 0 Å². The first-order valence-corrected chi connectivity index (χ1v) is 17.9. The number of rotatable bonds is 15. The van der Waals surface area contributed by atoms with E-state index in [2.05, 4.69) is 32.8 Å². The summed E-state index contributed by atoms with van der Waals surface area (Å²) < 4.78 is 16.8. The highest BCUT2D eigenvalue weighted by molar-refractivity contribution is 9.10. The van der Waals surface area contributed by atoms with E-state index in [1.807, 2.05) is 60.7 Å². The van der Waals surface area contributed by atoms with Gasteiger partial charge < -0.3 is 19.5 Å². The molecule has 51 heavy (non-hydrogen) atoms. The van der Waals surface area contributed by atoms with Crippen molar-refractivity contribution in [2.75, 3.05) is 25.6 Å². The summed E-state index contributed by atoms with van der Waals surface area (Å²) in [4.78, 5) is 58.5. The minimum Gasteiger partial charge on any atom is -0.490 e. The quantitative estimate of drug-likeness (QED) is 0.0746. The number of halogens is 1. The summed E-state index contributed by atoms with van der Waals surface area (Å²) in [5, 5.41) is 3.13. The second-order valence-electron chi connectivity index (χ2n) is 10.7. The van der Waals surface area contributed by atoms with Crippen LogP contribution in [0.5, 0.6) is 11.5 Å². The van der Waals surface area contributed by atoms with Gasteiger partial charge in [0.15, 0.2) is 23.3 Å². The molecule has 3 aromatic carbocycles. The minimum absolute atomic E-state index is 0.0500. The Morgan fingerprint density at radius 3 is 2.25 bits per heavy atom. The van der Waals surface area contributed by atoms with Crippen molar-refractivity contribution in [3.8, 4) is 11.5 Å². The van der Waals surface area contributed by atoms with Gasteiger partial charge in [0.2, 0.25) is 5.91 Å². The maximum atomic E-state index is 14.1. The number of nitrogens with one attached hydrogen (secondary N) is 1. The van der Waals surface area contributed by atoms with Crippen LogP contribution in [0.25, 0.3) is 6.08 Å². The number of carbonyl (C=O) groups excluding carboxylic acids is 4. The fourth-order valence-electron chi connectivity index (χ4n) is 4.97. The molecule has 0 fully saturated rings. The fraction of sp³-hybridized carbons (Fsp3) is 0.205. The molecule has 4 rings (SSSR count). The van der Waals surface area contributed by atoms with Crippen molar-refractivity contribution in [2.24, 2.45) is 4.99 Å². The van der Waals surface area contributed by atoms with Crippen molar-refractivity contribution in [3.63, 3.8) is 0 Å². The molecule has 0 bridgehead atoms. The molecular formula is C39H38BrN3O7S. The Kier molecular flexibility index (Phi) is 14.6. The number of benzene rings is 3. The standard InChI is InChI=1S/C39H38BrN3O7S/c1-5-9-20-29(6-2)43-38(47)30(21-26-22-31(40)36(32(23-26)48-7-3)50-24-34(45)49-8-4)37(46)42-39(43)51-25-33(44)41-35(27-16-12-10-13-17-27)28-18-14-11-15-19-28/h5-6,9-23,35H,1,7-8,24-25H2,2-4H3,(H,41,44)/b20-9-,29-6+,30-21+. The Bertz CT molecular complexity index is 1830. The van der Waals surface area contributed by atoms with Gasteiger partial charge in [0.25, 0.3) is 11.8 Å². The summed E-state index contributed by atoms with van der Waals surface area (Å²) in [5.41, 5.74) is 2.46. The van der Waals surface area contributed by atoms with Crippen LogP contribution >= 0.6 is 27.7 Å². The largest absolute Gasteiger partial charge is 0.490 e. The monoisotopic (exact) mass is 771 g/mol. The molecule has 1 N–H and O–H groups in total. The first-order chi connectivity index (χ1) is 24.7. The summed E-state index contributed by atoms with van der Waals surface area (Å²) in [7, 11) is 0. The van der Waals surface area contributed by atoms with Gasteiger partial charge in [0, 0.05) is 5.70 Å². The topological polar surface area (TPSA) is 124 Å². The van der Waals surface area contributed by atoms with Gasteiger partial charge in [0.05, 0.1) is 29.5 Å². The third-order valence-electron chi connectivity index (χ3n) is 7.20. The third kappa shape index (κ3) is 10.4. The minimum atomic E-state index is -0.773. The Morgan fingerprint density at radius 1 is 1.00 bits per heavy atom. The summed E-state index contributed by atoms with van der Waals surface area (Å²) in [6.45, 7) is 9.10. The molecule has 0 saturated carbocycles. The van der Waals surface area contributed by atoms with Crippen LogP contribution in [0.15, 0.2) is 124 Å². The molecule has 1 heterocycles. The number of nitrogens with zero attached hydrogens (tertiary/aromatic N) is 2. The number of carbonyl (C=O) groups is 4. The zero-order chi connectivity index (χ0) is 36.8. The number of amidine groups is 1. The molecular weight excluding hydrogens is 734 g/mol. The first kappa shape index (κ1) is 38.6. The van der Waals surface area contributed by atoms with Gasteiger partial charge in [0.1, 0.15) is 5.57 Å². The van der Waals surface area contributed by atoms with E-state index in [0.29, 0.717) is 15.7 Å². The SMILES string of the molecule is C=C/C=C\C(=C/C)N1C(=O)/C(=C/c2cc(Br)c(OCC(=O)OCC)c(OCC)c2)C(=O)N=C1SCC(=O)NC(c1ccccc1)c1ccccc1. The second kappa shape index (κ2) is 19.3. The molecule has 0 unspecified atom stereocenters. The number of aliphatic imine (C=N–C) groups is 1. The van der Waals surface area contributed by atoms with E-state index in [1.54, 1.807) is 57.2 Å². The lowest BCUT2D eigenvalue weighted by molar-refractivity contribution is -0.145. The Labute approximate surface area is 310 Å². The molecule has 0 aromatic heterocycles. The Morgan fingerprint density at radius 2 is 1.67 bits per heavy atom. The maximum absolute atomic E-state index is 14.1. The lowest BCUT2D eigenvalue weighted by Crippen LogP contribution is -2.42. The van der Waals surface area contributed by atoms with Crippen LogP contribution in [0, 0.1) is 0 Å². The molecule has 0 aliphatic carbocycles. The number of hydrogen-bond acceptors (Lipinski definition) is 8. The van der Waals surface area contributed by atoms with Crippen molar-refractivity contribution in [1.29, 1.82) is 0 Å². The zero-order valence-corrected chi connectivity index (χ0v) is 30.9. The lowest BCUT2D eigenvalue weighted by atomic mass is 9.99. The van der Waals surface area contributed by atoms with Crippen LogP contribution in [0.4, 0.5) is 0 Å². The highest BCUT2D eigenvalue weighted by Gasteiger charge is 2.35. The summed E-state index contributed by atoms with van der Waals surface area (Å²) >= 11 is 4.43. The molecule has 12 heteroatoms. The van der Waals surface area contributed by atoms with Crippen molar-refractivity contribution < 1.29 is 33.4 Å². The number of hydrogen-bond donors (Lipinski definition) is 1. The van der Waals surface area contributed by atoms with E-state index in [1.165, 1.54) is 11.0 Å². The van der Waals surface area contributed by atoms with E-state index in [4.69, 9.17) is 14.2 Å². The van der Waals surface area contributed by atoms with Gasteiger partial charge in [-0.1, -0.05) is 97.2 Å². The second-order valence-corrected chi connectivity index (χ2v) is 12.5. The third-order valence-corrected chi connectivity index (χ3v) is 8.72. The maximum Gasteiger partial charge on any atom is 0.344 e.